The fourth-order valence-corrected chi connectivity index (χ4v) is 6.91. The van der Waals surface area contributed by atoms with Gasteiger partial charge in [-0.15, -0.1) is 0 Å². The van der Waals surface area contributed by atoms with Gasteiger partial charge in [-0.1, -0.05) is 0 Å². The number of nitro groups is 1. The molecule has 12 unspecified atom stereocenters. The molecular weight excluding hydrogens is 768 g/mol. The van der Waals surface area contributed by atoms with E-state index in [0.29, 0.717) is 12.0 Å². The first kappa shape index (κ1) is 46.8. The molecule has 0 spiro atoms. The van der Waals surface area contributed by atoms with Crippen LogP contribution in [0.4, 0.5) is 20.1 Å². The van der Waals surface area contributed by atoms with Gasteiger partial charge in [0.2, 0.25) is 0 Å². The summed E-state index contributed by atoms with van der Waals surface area (Å²) in [5.74, 6) is 0. The van der Waals surface area contributed by atoms with Crippen molar-refractivity contribution in [3.63, 3.8) is 0 Å². The van der Waals surface area contributed by atoms with Crippen molar-refractivity contribution in [1.29, 1.82) is 0 Å². The molecule has 2 saturated heterocycles. The molecule has 2 heterocycles. The first-order valence-electron chi connectivity index (χ1n) is 19.2. The number of benzene rings is 1. The quantitative estimate of drug-likeness (QED) is 0.0829. The molecule has 21 nitrogen and oxygen atoms in total. The maximum Gasteiger partial charge on any atom is 0.408 e. The van der Waals surface area contributed by atoms with Crippen LogP contribution in [0.5, 0.6) is 0 Å². The van der Waals surface area contributed by atoms with Crippen LogP contribution in [0.25, 0.3) is 0 Å². The molecule has 0 bridgehead atoms. The molecule has 12 atom stereocenters. The average molecular weight is 829 g/mol. The summed E-state index contributed by atoms with van der Waals surface area (Å²) in [6.07, 6.45) is -10.7. The van der Waals surface area contributed by atoms with Gasteiger partial charge in [-0.2, -0.15) is 0 Å². The highest BCUT2D eigenvalue weighted by Gasteiger charge is 2.52. The Balaban J connectivity index is 1.53. The van der Waals surface area contributed by atoms with Crippen LogP contribution in [0, 0.1) is 10.1 Å². The number of non-ortho nitro benzene ring substituents is 1. The summed E-state index contributed by atoms with van der Waals surface area (Å²) in [6.45, 7) is 11.2. The Bertz CT molecular complexity index is 1550. The Labute approximate surface area is 337 Å². The van der Waals surface area contributed by atoms with Crippen LogP contribution in [0.3, 0.4) is 0 Å². The third-order valence-corrected chi connectivity index (χ3v) is 9.59. The van der Waals surface area contributed by atoms with Crippen molar-refractivity contribution in [2.75, 3.05) is 20.2 Å². The number of nitrogens with one attached hydrogen (secondary N) is 4. The monoisotopic (exact) mass is 828 g/mol. The Morgan fingerprint density at radius 3 is 2.07 bits per heavy atom. The van der Waals surface area contributed by atoms with Gasteiger partial charge in [-0.3, -0.25) is 10.1 Å². The number of aliphatic hydroxyl groups excluding tert-OH is 2. The molecule has 1 saturated carbocycles. The smallest absolute Gasteiger partial charge is 0.408 e. The van der Waals surface area contributed by atoms with Gasteiger partial charge in [0, 0.05) is 24.7 Å². The maximum atomic E-state index is 13.1. The van der Waals surface area contributed by atoms with E-state index in [4.69, 9.17) is 38.9 Å². The average Bonchev–Trinajstić information content (AvgIpc) is 3.10. The van der Waals surface area contributed by atoms with E-state index in [0.717, 1.165) is 0 Å². The van der Waals surface area contributed by atoms with Crippen molar-refractivity contribution in [2.45, 2.75) is 158 Å². The molecule has 1 aromatic carbocycles. The fraction of sp³-hybridized carbons (Fsp3) is 0.757. The number of rotatable bonds is 12. The lowest BCUT2D eigenvalue weighted by Crippen LogP contribution is -2.69. The van der Waals surface area contributed by atoms with Crippen LogP contribution >= 0.6 is 0 Å². The summed E-state index contributed by atoms with van der Waals surface area (Å²) in [5.41, 5.74) is 3.81. The lowest BCUT2D eigenvalue weighted by atomic mass is 9.83. The highest BCUT2D eigenvalue weighted by molar-refractivity contribution is 5.69. The second kappa shape index (κ2) is 19.4. The van der Waals surface area contributed by atoms with Crippen molar-refractivity contribution in [3.8, 4) is 0 Å². The van der Waals surface area contributed by atoms with Gasteiger partial charge >= 0.3 is 18.3 Å². The molecule has 328 valence electrons. The number of hydrogen-bond donors (Lipinski definition) is 8. The van der Waals surface area contributed by atoms with E-state index < -0.39 is 107 Å². The Hall–Kier alpha value is -3.93. The molecule has 4 rings (SSSR count). The highest BCUT2D eigenvalue weighted by Crippen LogP contribution is 2.33. The molecule has 58 heavy (non-hydrogen) atoms. The highest BCUT2D eigenvalue weighted by atomic mass is 16.7. The van der Waals surface area contributed by atoms with Gasteiger partial charge in [-0.25, -0.2) is 14.4 Å². The van der Waals surface area contributed by atoms with Gasteiger partial charge in [0.05, 0.1) is 35.8 Å². The first-order chi connectivity index (χ1) is 27.0. The zero-order valence-electron chi connectivity index (χ0n) is 34.2. The molecule has 1 aromatic rings. The Morgan fingerprint density at radius 2 is 1.50 bits per heavy atom. The zero-order valence-corrected chi connectivity index (χ0v) is 34.2. The van der Waals surface area contributed by atoms with Gasteiger partial charge in [0.1, 0.15) is 47.8 Å². The van der Waals surface area contributed by atoms with Gasteiger partial charge in [-0.05, 0) is 92.5 Å². The summed E-state index contributed by atoms with van der Waals surface area (Å²) in [7, 11) is 1.56. The topological polar surface area (TPSA) is 294 Å². The van der Waals surface area contributed by atoms with Crippen LogP contribution in [-0.4, -0.2) is 143 Å². The SMILES string of the molecule is CNC1C(O)C(OC2C(N)CC(NC(=O)OC(C)(C)C)C(OC3OC(CNC(=O)OCc4ccc([N+](=O)[O-])cc4)CCC3NC(=O)OC(C)(C)C)C2O)OCC1(C)O. The Morgan fingerprint density at radius 1 is 0.914 bits per heavy atom. The first-order valence-corrected chi connectivity index (χ1v) is 19.2. The predicted octanol–water partition coefficient (Wildman–Crippen LogP) is 1.03. The number of nitrogens with zero attached hydrogens (tertiary/aromatic N) is 1. The summed E-state index contributed by atoms with van der Waals surface area (Å²) in [4.78, 5) is 49.1. The normalized spacial score (nSPS) is 33.0. The molecule has 9 N–H and O–H groups in total. The van der Waals surface area contributed by atoms with Crippen molar-refractivity contribution in [3.05, 3.63) is 39.9 Å². The van der Waals surface area contributed by atoms with E-state index in [2.05, 4.69) is 21.3 Å². The van der Waals surface area contributed by atoms with Crippen molar-refractivity contribution in [2.24, 2.45) is 5.73 Å². The van der Waals surface area contributed by atoms with E-state index in [1.165, 1.54) is 31.2 Å². The maximum absolute atomic E-state index is 13.1. The molecule has 2 aliphatic heterocycles. The van der Waals surface area contributed by atoms with Crippen molar-refractivity contribution < 1.29 is 67.8 Å². The van der Waals surface area contributed by atoms with Crippen LogP contribution in [0.15, 0.2) is 24.3 Å². The number of carbonyl (C=O) groups is 3. The number of aliphatic hydroxyl groups is 3. The van der Waals surface area contributed by atoms with Gasteiger partial charge in [0.15, 0.2) is 12.6 Å². The van der Waals surface area contributed by atoms with E-state index in [-0.39, 0.29) is 38.3 Å². The predicted molar refractivity (Wildman–Crippen MR) is 203 cm³/mol. The molecule has 0 radical (unpaired) electrons. The number of carbonyl (C=O) groups excluding carboxylic acids is 3. The number of likely N-dealkylation sites (N-methyl/N-ethyl adjacent to an activating group) is 1. The summed E-state index contributed by atoms with van der Waals surface area (Å²) in [6, 6.07) is 1.87. The third kappa shape index (κ3) is 13.3. The standard InChI is InChI=1S/C37H60N6O15/c1-35(2,3)57-33(47)41-23-14-13-21(16-40-32(46)52-17-19-9-11-20(12-10-19)43(50)51)54-30(23)56-28-24(42-34(48)58-36(4,5)6)15-22(38)27(25(28)44)55-31-26(45)29(39-8)37(7,49)18-53-31/h9-12,21-31,39,44-45,49H,13-18,38H2,1-8H3,(H,40,46)(H,41,47)(H,42,48). The number of hydrogen-bond acceptors (Lipinski definition) is 17. The van der Waals surface area contributed by atoms with Crippen molar-refractivity contribution >= 4 is 24.0 Å². The largest absolute Gasteiger partial charge is 0.445 e. The lowest BCUT2D eigenvalue weighted by Gasteiger charge is -2.49. The minimum absolute atomic E-state index is 0.0237. The minimum atomic E-state index is -1.60. The van der Waals surface area contributed by atoms with E-state index in [1.54, 1.807) is 48.6 Å². The van der Waals surface area contributed by atoms with Crippen LogP contribution < -0.4 is 27.0 Å². The number of amides is 3. The van der Waals surface area contributed by atoms with Crippen molar-refractivity contribution in [1.82, 2.24) is 21.3 Å². The second-order valence-electron chi connectivity index (χ2n) is 17.0. The number of alkyl carbamates (subject to hydrolysis) is 3. The molecule has 1 aliphatic carbocycles. The fourth-order valence-electron chi connectivity index (χ4n) is 6.91. The van der Waals surface area contributed by atoms with Gasteiger partial charge in [0.25, 0.3) is 5.69 Å². The van der Waals surface area contributed by atoms with Crippen LogP contribution in [0.2, 0.25) is 0 Å². The number of ether oxygens (including phenoxy) is 7. The summed E-state index contributed by atoms with van der Waals surface area (Å²) < 4.78 is 40.8. The summed E-state index contributed by atoms with van der Waals surface area (Å²) >= 11 is 0. The van der Waals surface area contributed by atoms with E-state index in [1.807, 2.05) is 0 Å². The Kier molecular flexibility index (Phi) is 15.7. The molecule has 0 aromatic heterocycles. The second-order valence-corrected chi connectivity index (χ2v) is 17.0. The van der Waals surface area contributed by atoms with Gasteiger partial charge < -0.3 is 75.5 Å². The lowest BCUT2D eigenvalue weighted by molar-refractivity contribution is -0.384. The molecule has 3 fully saturated rings. The molecule has 3 aliphatic rings. The third-order valence-electron chi connectivity index (χ3n) is 9.59. The molecule has 3 amide bonds. The van der Waals surface area contributed by atoms with E-state index >= 15 is 0 Å². The summed E-state index contributed by atoms with van der Waals surface area (Å²) in [5, 5.41) is 55.7. The van der Waals surface area contributed by atoms with Crippen LogP contribution in [-0.2, 0) is 39.8 Å². The number of nitrogens with two attached hydrogens (primary N) is 1. The zero-order chi connectivity index (χ0) is 43.2. The molecular formula is C37H60N6O15. The van der Waals surface area contributed by atoms with E-state index in [9.17, 15) is 39.8 Å². The van der Waals surface area contributed by atoms with Crippen LogP contribution in [0.1, 0.15) is 73.3 Å². The number of nitro benzene ring substituents is 1. The molecule has 21 heteroatoms. The minimum Gasteiger partial charge on any atom is -0.445 e.